The molecule has 0 spiro atoms. The quantitative estimate of drug-likeness (QED) is 0.110. The summed E-state index contributed by atoms with van der Waals surface area (Å²) in [4.78, 5) is 0. The Morgan fingerprint density at radius 2 is 0.750 bits per heavy atom. The van der Waals surface area contributed by atoms with Crippen molar-refractivity contribution in [3.8, 4) is 61.4 Å². The van der Waals surface area contributed by atoms with Gasteiger partial charge < -0.3 is 4.74 Å². The molecule has 1 nitrogen and oxygen atoms in total. The Hall–Kier alpha value is -6.96. The summed E-state index contributed by atoms with van der Waals surface area (Å²) in [6.07, 6.45) is 2.20. The Bertz CT molecular complexity index is 3160. The first-order chi connectivity index (χ1) is 29.5. The van der Waals surface area contributed by atoms with Gasteiger partial charge in [0, 0.05) is 5.41 Å². The lowest BCUT2D eigenvalue weighted by molar-refractivity contribution is 0.309. The van der Waals surface area contributed by atoms with Crippen LogP contribution in [0.3, 0.4) is 0 Å². The standard InChI is InChI=1S/C59H46O/c1-4-5-36-60-42-33-30-39(31-34-42)38-26-28-40(29-27-38)55-45-17-6-10-21-49(45)57(50-22-11-7-18-46(50)55)58-51-23-12-8-19-47(51)56(48-20-9-13-24-52(48)58)41-32-35-44-43-16-14-15-25-53(43)59(2,3)54(44)37-41/h6-35,37H,4-5,36H2,1-3H3. The summed E-state index contributed by atoms with van der Waals surface area (Å²) in [5, 5.41) is 10.1. The zero-order valence-corrected chi connectivity index (χ0v) is 34.4. The van der Waals surface area contributed by atoms with Gasteiger partial charge in [-0.25, -0.2) is 0 Å². The van der Waals surface area contributed by atoms with Crippen molar-refractivity contribution >= 4 is 43.1 Å². The normalized spacial score (nSPS) is 12.9. The third-order valence-electron chi connectivity index (χ3n) is 13.1. The van der Waals surface area contributed by atoms with Crippen LogP contribution in [0.5, 0.6) is 5.75 Å². The first-order valence-corrected chi connectivity index (χ1v) is 21.5. The van der Waals surface area contributed by atoms with E-state index in [-0.39, 0.29) is 5.41 Å². The number of hydrogen-bond acceptors (Lipinski definition) is 1. The topological polar surface area (TPSA) is 9.23 Å². The Balaban J connectivity index is 1.11. The second-order valence-electron chi connectivity index (χ2n) is 16.9. The van der Waals surface area contributed by atoms with Gasteiger partial charge in [-0.05, 0) is 134 Å². The van der Waals surface area contributed by atoms with Crippen LogP contribution in [0.1, 0.15) is 44.7 Å². The molecule has 0 unspecified atom stereocenters. The minimum Gasteiger partial charge on any atom is -0.494 e. The van der Waals surface area contributed by atoms with E-state index in [9.17, 15) is 0 Å². The molecule has 0 fully saturated rings. The van der Waals surface area contributed by atoms with Crippen molar-refractivity contribution in [2.24, 2.45) is 0 Å². The smallest absolute Gasteiger partial charge is 0.119 e. The molecule has 1 aliphatic carbocycles. The molecule has 0 atom stereocenters. The molecule has 0 bridgehead atoms. The largest absolute Gasteiger partial charge is 0.494 e. The maximum atomic E-state index is 5.94. The third kappa shape index (κ3) is 5.68. The van der Waals surface area contributed by atoms with Crippen LogP contribution < -0.4 is 4.74 Å². The highest BCUT2D eigenvalue weighted by Gasteiger charge is 2.35. The fourth-order valence-corrected chi connectivity index (χ4v) is 10.2. The van der Waals surface area contributed by atoms with E-state index < -0.39 is 0 Å². The van der Waals surface area contributed by atoms with Crippen molar-refractivity contribution in [2.45, 2.75) is 39.0 Å². The molecule has 60 heavy (non-hydrogen) atoms. The van der Waals surface area contributed by atoms with Crippen molar-refractivity contribution in [3.05, 3.63) is 199 Å². The average molecular weight is 771 g/mol. The van der Waals surface area contributed by atoms with Crippen molar-refractivity contribution < 1.29 is 4.74 Å². The van der Waals surface area contributed by atoms with Gasteiger partial charge in [0.15, 0.2) is 0 Å². The van der Waals surface area contributed by atoms with E-state index in [1.165, 1.54) is 110 Å². The third-order valence-corrected chi connectivity index (χ3v) is 13.1. The number of ether oxygens (including phenoxy) is 1. The van der Waals surface area contributed by atoms with E-state index in [4.69, 9.17) is 4.74 Å². The van der Waals surface area contributed by atoms with Crippen LogP contribution in [-0.2, 0) is 5.41 Å². The molecule has 0 radical (unpaired) electrons. The molecule has 0 aliphatic heterocycles. The molecule has 1 heteroatoms. The number of unbranched alkanes of at least 4 members (excludes halogenated alkanes) is 1. The van der Waals surface area contributed by atoms with E-state index >= 15 is 0 Å². The van der Waals surface area contributed by atoms with Gasteiger partial charge in [0.25, 0.3) is 0 Å². The van der Waals surface area contributed by atoms with Crippen molar-refractivity contribution in [2.75, 3.05) is 6.61 Å². The van der Waals surface area contributed by atoms with Crippen molar-refractivity contribution in [3.63, 3.8) is 0 Å². The molecule has 11 rings (SSSR count). The SMILES string of the molecule is CCCCOc1ccc(-c2ccc(-c3c4ccccc4c(-c4c5ccccc5c(-c5ccc6c(c5)C(C)(C)c5ccccc5-6)c5ccccc45)c4ccccc34)cc2)cc1. The predicted molar refractivity (Wildman–Crippen MR) is 256 cm³/mol. The second-order valence-corrected chi connectivity index (χ2v) is 16.9. The zero-order valence-electron chi connectivity index (χ0n) is 34.4. The monoisotopic (exact) mass is 770 g/mol. The molecule has 0 saturated heterocycles. The van der Waals surface area contributed by atoms with Gasteiger partial charge >= 0.3 is 0 Å². The Labute approximate surface area is 352 Å². The van der Waals surface area contributed by atoms with E-state index in [1.807, 2.05) is 0 Å². The van der Waals surface area contributed by atoms with Gasteiger partial charge in [-0.3, -0.25) is 0 Å². The number of hydrogen-bond donors (Lipinski definition) is 0. The fraction of sp³-hybridized carbons (Fsp3) is 0.119. The summed E-state index contributed by atoms with van der Waals surface area (Å²) in [6.45, 7) is 7.69. The number of benzene rings is 10. The lowest BCUT2D eigenvalue weighted by Crippen LogP contribution is -2.14. The minimum absolute atomic E-state index is 0.0814. The first-order valence-electron chi connectivity index (χ1n) is 21.5. The highest BCUT2D eigenvalue weighted by atomic mass is 16.5. The molecule has 10 aromatic rings. The Morgan fingerprint density at radius 1 is 0.367 bits per heavy atom. The molecule has 0 saturated carbocycles. The summed E-state index contributed by atoms with van der Waals surface area (Å²) in [7, 11) is 0. The predicted octanol–water partition coefficient (Wildman–Crippen LogP) is 16.5. The lowest BCUT2D eigenvalue weighted by atomic mass is 9.79. The van der Waals surface area contributed by atoms with E-state index in [2.05, 4.69) is 209 Å². The van der Waals surface area contributed by atoms with Crippen LogP contribution in [0, 0.1) is 0 Å². The second kappa shape index (κ2) is 14.4. The van der Waals surface area contributed by atoms with Crippen LogP contribution in [0.15, 0.2) is 188 Å². The highest BCUT2D eigenvalue weighted by Crippen LogP contribution is 2.53. The van der Waals surface area contributed by atoms with Gasteiger partial charge in [0.1, 0.15) is 5.75 Å². The number of fused-ring (bicyclic) bond motifs is 7. The lowest BCUT2D eigenvalue weighted by Gasteiger charge is -2.24. The molecular weight excluding hydrogens is 725 g/mol. The maximum absolute atomic E-state index is 5.94. The van der Waals surface area contributed by atoms with Crippen molar-refractivity contribution in [1.29, 1.82) is 0 Å². The molecule has 0 heterocycles. The molecule has 1 aliphatic rings. The molecule has 10 aromatic carbocycles. The summed E-state index contributed by atoms with van der Waals surface area (Å²) < 4.78 is 5.94. The average Bonchev–Trinajstić information content (AvgIpc) is 3.53. The van der Waals surface area contributed by atoms with Gasteiger partial charge in [-0.1, -0.05) is 197 Å². The van der Waals surface area contributed by atoms with E-state index in [1.54, 1.807) is 0 Å². The summed E-state index contributed by atoms with van der Waals surface area (Å²) >= 11 is 0. The Kier molecular flexibility index (Phi) is 8.67. The van der Waals surface area contributed by atoms with Crippen LogP contribution in [0.4, 0.5) is 0 Å². The molecule has 288 valence electrons. The van der Waals surface area contributed by atoms with E-state index in [0.717, 1.165) is 25.2 Å². The van der Waals surface area contributed by atoms with Gasteiger partial charge in [-0.2, -0.15) is 0 Å². The van der Waals surface area contributed by atoms with Crippen molar-refractivity contribution in [1.82, 2.24) is 0 Å². The number of rotatable bonds is 8. The van der Waals surface area contributed by atoms with Crippen LogP contribution in [0.2, 0.25) is 0 Å². The summed E-state index contributed by atoms with van der Waals surface area (Å²) in [5.41, 5.74) is 15.4. The minimum atomic E-state index is -0.0814. The van der Waals surface area contributed by atoms with Crippen LogP contribution in [-0.4, -0.2) is 6.61 Å². The molecule has 0 aromatic heterocycles. The van der Waals surface area contributed by atoms with Gasteiger partial charge in [0.05, 0.1) is 6.61 Å². The molecular formula is C59H46O. The van der Waals surface area contributed by atoms with Gasteiger partial charge in [-0.15, -0.1) is 0 Å². The highest BCUT2D eigenvalue weighted by molar-refractivity contribution is 6.30. The van der Waals surface area contributed by atoms with Gasteiger partial charge in [0.2, 0.25) is 0 Å². The summed E-state index contributed by atoms with van der Waals surface area (Å²) in [6, 6.07) is 70.0. The fourth-order valence-electron chi connectivity index (χ4n) is 10.2. The maximum Gasteiger partial charge on any atom is 0.119 e. The van der Waals surface area contributed by atoms with E-state index in [0.29, 0.717) is 0 Å². The zero-order chi connectivity index (χ0) is 40.4. The molecule has 0 N–H and O–H groups in total. The Morgan fingerprint density at radius 3 is 1.25 bits per heavy atom. The van der Waals surface area contributed by atoms with Crippen LogP contribution >= 0.6 is 0 Å². The first kappa shape index (κ1) is 36.1. The molecule has 0 amide bonds. The van der Waals surface area contributed by atoms with Crippen LogP contribution in [0.25, 0.3) is 98.7 Å². The summed E-state index contributed by atoms with van der Waals surface area (Å²) in [5.74, 6) is 0.927.